The molecule has 2 fully saturated rings. The number of nitrogens with one attached hydrogen (secondary N) is 1. The second-order valence-corrected chi connectivity index (χ2v) is 11.1. The van der Waals surface area contributed by atoms with Gasteiger partial charge < -0.3 is 30.4 Å². The largest absolute Gasteiger partial charge is 0.504 e. The highest BCUT2D eigenvalue weighted by atomic mass is 16.3. The van der Waals surface area contributed by atoms with E-state index in [2.05, 4.69) is 5.32 Å². The third-order valence-electron chi connectivity index (χ3n) is 8.23. The Labute approximate surface area is 254 Å². The van der Waals surface area contributed by atoms with Crippen LogP contribution in [0.5, 0.6) is 17.2 Å². The van der Waals surface area contributed by atoms with Gasteiger partial charge in [-0.25, -0.2) is 14.8 Å². The number of hydrogen-bond donors (Lipinski definition) is 4. The molecule has 0 aromatic heterocycles. The van der Waals surface area contributed by atoms with Gasteiger partial charge in [0.1, 0.15) is 12.2 Å². The van der Waals surface area contributed by atoms with Gasteiger partial charge in [0.25, 0.3) is 0 Å². The fraction of sp³-hybridized carbons (Fsp3) is 0.242. The van der Waals surface area contributed by atoms with Crippen LogP contribution in [0.4, 0.5) is 4.79 Å². The molecule has 0 radical (unpaired) electrons. The Balaban J connectivity index is 1.36. The zero-order valence-electron chi connectivity index (χ0n) is 24.1. The minimum absolute atomic E-state index is 0.0578. The summed E-state index contributed by atoms with van der Waals surface area (Å²) in [6.07, 6.45) is -0.883. The van der Waals surface area contributed by atoms with Gasteiger partial charge in [-0.05, 0) is 39.6 Å². The second-order valence-electron chi connectivity index (χ2n) is 11.1. The summed E-state index contributed by atoms with van der Waals surface area (Å²) in [5.41, 5.74) is 2.17. The summed E-state index contributed by atoms with van der Waals surface area (Å²) in [7, 11) is 1.66. The highest BCUT2D eigenvalue weighted by Gasteiger charge is 2.50. The summed E-state index contributed by atoms with van der Waals surface area (Å²) in [4.78, 5) is 44.6. The van der Waals surface area contributed by atoms with Crippen molar-refractivity contribution in [2.75, 3.05) is 20.1 Å². The first-order chi connectivity index (χ1) is 21.2. The number of phenols is 3. The quantitative estimate of drug-likeness (QED) is 0.252. The monoisotopic (exact) mass is 595 g/mol. The smallest absolute Gasteiger partial charge is 0.334 e. The van der Waals surface area contributed by atoms with Crippen molar-refractivity contribution in [3.63, 3.8) is 0 Å². The molecule has 4 aromatic carbocycles. The van der Waals surface area contributed by atoms with E-state index >= 15 is 0 Å². The Kier molecular flexibility index (Phi) is 7.71. The van der Waals surface area contributed by atoms with Crippen LogP contribution in [0.1, 0.15) is 16.7 Å². The summed E-state index contributed by atoms with van der Waals surface area (Å²) in [6, 6.07) is 24.3. The van der Waals surface area contributed by atoms with Gasteiger partial charge >= 0.3 is 6.03 Å². The lowest BCUT2D eigenvalue weighted by molar-refractivity contribution is -0.187. The maximum atomic E-state index is 14.2. The molecule has 2 saturated heterocycles. The fourth-order valence-corrected chi connectivity index (χ4v) is 6.14. The lowest BCUT2D eigenvalue weighted by atomic mass is 9.97. The summed E-state index contributed by atoms with van der Waals surface area (Å²) in [5.74, 6) is -2.42. The van der Waals surface area contributed by atoms with Crippen molar-refractivity contribution in [3.05, 3.63) is 102 Å². The van der Waals surface area contributed by atoms with E-state index in [1.807, 2.05) is 72.8 Å². The molecule has 226 valence electrons. The van der Waals surface area contributed by atoms with E-state index in [0.717, 1.165) is 21.9 Å². The van der Waals surface area contributed by atoms with Crippen molar-refractivity contribution in [1.82, 2.24) is 25.1 Å². The van der Waals surface area contributed by atoms with E-state index in [-0.39, 0.29) is 44.4 Å². The van der Waals surface area contributed by atoms with Crippen LogP contribution in [-0.2, 0) is 29.1 Å². The fourth-order valence-electron chi connectivity index (χ4n) is 6.14. The molecule has 44 heavy (non-hydrogen) atoms. The van der Waals surface area contributed by atoms with Gasteiger partial charge in [-0.15, -0.1) is 0 Å². The van der Waals surface area contributed by atoms with Crippen molar-refractivity contribution < 1.29 is 29.7 Å². The van der Waals surface area contributed by atoms with Crippen LogP contribution in [0, 0.1) is 0 Å². The maximum absolute atomic E-state index is 14.2. The van der Waals surface area contributed by atoms with E-state index in [9.17, 15) is 29.7 Å². The van der Waals surface area contributed by atoms with Gasteiger partial charge in [0.05, 0.1) is 13.1 Å². The predicted octanol–water partition coefficient (Wildman–Crippen LogP) is 3.14. The van der Waals surface area contributed by atoms with Crippen molar-refractivity contribution >= 4 is 28.6 Å². The Hall–Kier alpha value is -5.29. The summed E-state index contributed by atoms with van der Waals surface area (Å²) in [6.45, 7) is 0.456. The summed E-state index contributed by atoms with van der Waals surface area (Å²) in [5, 5.41) is 38.2. The minimum Gasteiger partial charge on any atom is -0.504 e. The molecular weight excluding hydrogens is 562 g/mol. The van der Waals surface area contributed by atoms with E-state index in [1.54, 1.807) is 17.0 Å². The highest BCUT2D eigenvalue weighted by molar-refractivity contribution is 5.92. The number of hydrazine groups is 1. The van der Waals surface area contributed by atoms with Crippen molar-refractivity contribution in [2.24, 2.45) is 0 Å². The Bertz CT molecular complexity index is 1700. The molecule has 0 saturated carbocycles. The first-order valence-electron chi connectivity index (χ1n) is 14.3. The highest BCUT2D eigenvalue weighted by Crippen LogP contribution is 2.37. The number of urea groups is 1. The number of likely N-dealkylation sites (N-methyl/N-ethyl adjacent to an activating group) is 1. The van der Waals surface area contributed by atoms with Crippen LogP contribution in [0.15, 0.2) is 84.9 Å². The number of phenolic OH excluding ortho intramolecular Hbond substituents is 3. The average molecular weight is 596 g/mol. The molecule has 2 aliphatic heterocycles. The zero-order valence-corrected chi connectivity index (χ0v) is 24.1. The molecule has 4 N–H and O–H groups in total. The van der Waals surface area contributed by atoms with E-state index in [0.29, 0.717) is 5.56 Å². The number of piperazine rings is 1. The third-order valence-corrected chi connectivity index (χ3v) is 8.23. The molecule has 2 heterocycles. The Morgan fingerprint density at radius 3 is 2.32 bits per heavy atom. The molecule has 0 aliphatic carbocycles. The molecular formula is C33H33N5O6. The SMILES string of the molecule is CN1CC(=O)N2C(CN(Cc3cccc4ccccc34)C(=O)[C@@H]2Cc2cc(O)c(O)c(O)c2)N1C(=O)NCc1ccccc1. The molecule has 0 bridgehead atoms. The van der Waals surface area contributed by atoms with Gasteiger partial charge in [-0.3, -0.25) is 9.59 Å². The number of hydrogen-bond acceptors (Lipinski definition) is 7. The van der Waals surface area contributed by atoms with Crippen LogP contribution in [0.25, 0.3) is 10.8 Å². The molecule has 0 spiro atoms. The molecule has 4 aromatic rings. The molecule has 11 nitrogen and oxygen atoms in total. The molecule has 1 unspecified atom stereocenters. The normalized spacial score (nSPS) is 18.9. The molecule has 2 aliphatic rings. The van der Waals surface area contributed by atoms with Gasteiger partial charge in [-0.1, -0.05) is 72.8 Å². The molecule has 6 rings (SSSR count). The van der Waals surface area contributed by atoms with Crippen molar-refractivity contribution in [2.45, 2.75) is 31.7 Å². The van der Waals surface area contributed by atoms with Crippen molar-refractivity contribution in [1.29, 1.82) is 0 Å². The number of carbonyl (C=O) groups is 3. The van der Waals surface area contributed by atoms with E-state index < -0.39 is 35.5 Å². The number of nitrogens with zero attached hydrogens (tertiary/aromatic N) is 4. The Morgan fingerprint density at radius 2 is 1.57 bits per heavy atom. The lowest BCUT2D eigenvalue weighted by Crippen LogP contribution is -2.76. The average Bonchev–Trinajstić information content (AvgIpc) is 3.01. The van der Waals surface area contributed by atoms with E-state index in [1.165, 1.54) is 22.0 Å². The lowest BCUT2D eigenvalue weighted by Gasteiger charge is -2.54. The Morgan fingerprint density at radius 1 is 0.886 bits per heavy atom. The molecule has 11 heteroatoms. The van der Waals surface area contributed by atoms with Crippen LogP contribution < -0.4 is 5.32 Å². The topological polar surface area (TPSA) is 137 Å². The van der Waals surface area contributed by atoms with Gasteiger partial charge in [0.15, 0.2) is 17.2 Å². The van der Waals surface area contributed by atoms with Crippen molar-refractivity contribution in [3.8, 4) is 17.2 Å². The maximum Gasteiger partial charge on any atom is 0.334 e. The predicted molar refractivity (Wildman–Crippen MR) is 162 cm³/mol. The third kappa shape index (κ3) is 5.45. The number of aromatic hydroxyl groups is 3. The first-order valence-corrected chi connectivity index (χ1v) is 14.3. The van der Waals surface area contributed by atoms with E-state index in [4.69, 9.17) is 0 Å². The summed E-state index contributed by atoms with van der Waals surface area (Å²) < 4.78 is 0. The number of amides is 4. The standard InChI is InChI=1S/C33H33N5O6/c1-35-20-30(41)37-26(14-22-15-27(39)31(42)28(40)16-22)32(43)36(18-24-12-7-11-23-10-5-6-13-25(23)24)19-29(37)38(35)33(44)34-17-21-8-3-2-4-9-21/h2-13,15-16,26,29,39-40,42H,14,17-20H2,1H3,(H,34,44)/t26-,29?/m0/s1. The van der Waals surface area contributed by atoms with Gasteiger partial charge in [0, 0.05) is 26.6 Å². The number of carbonyl (C=O) groups excluding carboxylic acids is 3. The van der Waals surface area contributed by atoms with Crippen LogP contribution in [-0.4, -0.2) is 85.3 Å². The molecule has 4 amide bonds. The van der Waals surface area contributed by atoms with Gasteiger partial charge in [-0.2, -0.15) is 0 Å². The number of benzene rings is 4. The number of fused-ring (bicyclic) bond motifs is 2. The van der Waals surface area contributed by atoms with Crippen LogP contribution in [0.2, 0.25) is 0 Å². The zero-order chi connectivity index (χ0) is 31.0. The minimum atomic E-state index is -1.04. The molecule has 2 atom stereocenters. The first kappa shape index (κ1) is 28.8. The van der Waals surface area contributed by atoms with Crippen LogP contribution >= 0.6 is 0 Å². The second kappa shape index (κ2) is 11.8. The number of rotatable bonds is 6. The van der Waals surface area contributed by atoms with Crippen LogP contribution in [0.3, 0.4) is 0 Å². The van der Waals surface area contributed by atoms with Gasteiger partial charge in [0.2, 0.25) is 11.8 Å². The summed E-state index contributed by atoms with van der Waals surface area (Å²) >= 11 is 0.